The maximum absolute atomic E-state index is 12.4. The van der Waals surface area contributed by atoms with Crippen molar-refractivity contribution in [1.29, 1.82) is 0 Å². The van der Waals surface area contributed by atoms with Crippen LogP contribution in [0.15, 0.2) is 47.4 Å². The molecule has 7 nitrogen and oxygen atoms in total. The van der Waals surface area contributed by atoms with Gasteiger partial charge in [-0.1, -0.05) is 6.07 Å². The monoisotopic (exact) mass is 376 g/mol. The predicted octanol–water partition coefficient (Wildman–Crippen LogP) is 2.24. The van der Waals surface area contributed by atoms with E-state index in [1.165, 1.54) is 31.4 Å². The highest BCUT2D eigenvalue weighted by molar-refractivity contribution is 7.90. The number of anilines is 2. The molecule has 0 spiro atoms. The minimum Gasteiger partial charge on any atom is -0.375 e. The van der Waals surface area contributed by atoms with Gasteiger partial charge in [-0.15, -0.1) is 0 Å². The molecule has 0 fully saturated rings. The molecule has 0 unspecified atom stereocenters. The summed E-state index contributed by atoms with van der Waals surface area (Å²) in [6.45, 7) is 1.75. The topological polar surface area (TPSA) is 102 Å². The van der Waals surface area contributed by atoms with Crippen molar-refractivity contribution in [3.05, 3.63) is 53.6 Å². The molecule has 0 saturated carbocycles. The fourth-order valence-electron chi connectivity index (χ4n) is 2.27. The summed E-state index contributed by atoms with van der Waals surface area (Å²) in [7, 11) is -1.96. The van der Waals surface area contributed by atoms with Crippen LogP contribution in [-0.4, -0.2) is 40.2 Å². The number of sulfone groups is 1. The van der Waals surface area contributed by atoms with Crippen molar-refractivity contribution < 1.29 is 22.7 Å². The summed E-state index contributed by atoms with van der Waals surface area (Å²) in [5, 5.41) is 5.42. The molecule has 0 heterocycles. The van der Waals surface area contributed by atoms with E-state index in [1.54, 1.807) is 25.1 Å². The third kappa shape index (κ3) is 5.14. The maximum atomic E-state index is 12.4. The van der Waals surface area contributed by atoms with E-state index in [0.717, 1.165) is 11.8 Å². The van der Waals surface area contributed by atoms with Gasteiger partial charge in [-0.25, -0.2) is 8.42 Å². The van der Waals surface area contributed by atoms with Crippen LogP contribution in [0.4, 0.5) is 11.4 Å². The second-order valence-electron chi connectivity index (χ2n) is 5.77. The zero-order chi connectivity index (χ0) is 19.3. The molecule has 0 atom stereocenters. The SMILES string of the molecule is COCC(=O)Nc1ccc(NC(=O)c2cccc(S(C)(=O)=O)c2)cc1C. The molecule has 0 aromatic heterocycles. The molecular formula is C18H20N2O5S. The zero-order valence-corrected chi connectivity index (χ0v) is 15.5. The Morgan fingerprint density at radius 2 is 1.81 bits per heavy atom. The summed E-state index contributed by atoms with van der Waals surface area (Å²) in [5.74, 6) is -0.698. The van der Waals surface area contributed by atoms with Crippen LogP contribution in [0.1, 0.15) is 15.9 Å². The fraction of sp³-hybridized carbons (Fsp3) is 0.222. The lowest BCUT2D eigenvalue weighted by molar-refractivity contribution is -0.119. The Hall–Kier alpha value is -2.71. The molecule has 0 saturated heterocycles. The van der Waals surface area contributed by atoms with Crippen LogP contribution in [0.5, 0.6) is 0 Å². The highest BCUT2D eigenvalue weighted by atomic mass is 32.2. The van der Waals surface area contributed by atoms with Gasteiger partial charge in [-0.2, -0.15) is 0 Å². The average Bonchev–Trinajstić information content (AvgIpc) is 2.57. The zero-order valence-electron chi connectivity index (χ0n) is 14.7. The quantitative estimate of drug-likeness (QED) is 0.805. The van der Waals surface area contributed by atoms with Gasteiger partial charge >= 0.3 is 0 Å². The Morgan fingerprint density at radius 3 is 2.42 bits per heavy atom. The first-order chi connectivity index (χ1) is 12.2. The van der Waals surface area contributed by atoms with Crippen LogP contribution in [0.2, 0.25) is 0 Å². The van der Waals surface area contributed by atoms with E-state index in [0.29, 0.717) is 11.4 Å². The lowest BCUT2D eigenvalue weighted by Gasteiger charge is -2.11. The van der Waals surface area contributed by atoms with Gasteiger partial charge in [-0.05, 0) is 48.9 Å². The molecule has 138 valence electrons. The van der Waals surface area contributed by atoms with E-state index in [4.69, 9.17) is 4.74 Å². The number of aryl methyl sites for hydroxylation is 1. The van der Waals surface area contributed by atoms with Crippen LogP contribution in [0, 0.1) is 6.92 Å². The molecule has 0 aliphatic rings. The van der Waals surface area contributed by atoms with Gasteiger partial charge in [0.15, 0.2) is 9.84 Å². The summed E-state index contributed by atoms with van der Waals surface area (Å²) < 4.78 is 28.0. The molecule has 0 radical (unpaired) electrons. The second-order valence-corrected chi connectivity index (χ2v) is 7.78. The number of ether oxygens (including phenoxy) is 1. The van der Waals surface area contributed by atoms with Crippen LogP contribution in [0.3, 0.4) is 0 Å². The Bertz CT molecular complexity index is 938. The normalized spacial score (nSPS) is 11.0. The first-order valence-corrected chi connectivity index (χ1v) is 9.61. The van der Waals surface area contributed by atoms with Gasteiger partial charge < -0.3 is 15.4 Å². The van der Waals surface area contributed by atoms with Crippen molar-refractivity contribution in [3.8, 4) is 0 Å². The summed E-state index contributed by atoms with van der Waals surface area (Å²) in [5.41, 5.74) is 2.14. The van der Waals surface area contributed by atoms with Gasteiger partial charge in [0, 0.05) is 30.3 Å². The number of methoxy groups -OCH3 is 1. The summed E-state index contributed by atoms with van der Waals surface area (Å²) in [6, 6.07) is 10.9. The first kappa shape index (κ1) is 19.6. The third-order valence-corrected chi connectivity index (χ3v) is 4.67. The molecule has 2 aromatic rings. The summed E-state index contributed by atoms with van der Waals surface area (Å²) in [4.78, 5) is 24.0. The smallest absolute Gasteiger partial charge is 0.255 e. The first-order valence-electron chi connectivity index (χ1n) is 7.71. The van der Waals surface area contributed by atoms with Gasteiger partial charge in [0.1, 0.15) is 6.61 Å². The van der Waals surface area contributed by atoms with E-state index < -0.39 is 15.7 Å². The van der Waals surface area contributed by atoms with Gasteiger partial charge in [0.2, 0.25) is 5.91 Å². The molecule has 8 heteroatoms. The molecule has 2 N–H and O–H groups in total. The van der Waals surface area contributed by atoms with E-state index in [2.05, 4.69) is 10.6 Å². The predicted molar refractivity (Wildman–Crippen MR) is 99.2 cm³/mol. The number of amides is 2. The maximum Gasteiger partial charge on any atom is 0.255 e. The molecule has 2 amide bonds. The highest BCUT2D eigenvalue weighted by Crippen LogP contribution is 2.21. The van der Waals surface area contributed by atoms with Crippen molar-refractivity contribution in [1.82, 2.24) is 0 Å². The van der Waals surface area contributed by atoms with Crippen molar-refractivity contribution >= 4 is 33.0 Å². The number of hydrogen-bond donors (Lipinski definition) is 2. The van der Waals surface area contributed by atoms with Crippen LogP contribution >= 0.6 is 0 Å². The van der Waals surface area contributed by atoms with E-state index >= 15 is 0 Å². The molecule has 2 aromatic carbocycles. The van der Waals surface area contributed by atoms with Crippen LogP contribution in [0.25, 0.3) is 0 Å². The third-order valence-electron chi connectivity index (χ3n) is 3.56. The molecular weight excluding hydrogens is 356 g/mol. The van der Waals surface area contributed by atoms with E-state index in [-0.39, 0.29) is 23.0 Å². The van der Waals surface area contributed by atoms with Crippen molar-refractivity contribution in [2.75, 3.05) is 30.6 Å². The molecule has 26 heavy (non-hydrogen) atoms. The molecule has 2 rings (SSSR count). The lowest BCUT2D eigenvalue weighted by Crippen LogP contribution is -2.18. The highest BCUT2D eigenvalue weighted by Gasteiger charge is 2.12. The molecule has 0 aliphatic carbocycles. The number of carbonyl (C=O) groups excluding carboxylic acids is 2. The Labute approximate surface area is 152 Å². The average molecular weight is 376 g/mol. The Balaban J connectivity index is 2.15. The fourth-order valence-corrected chi connectivity index (χ4v) is 2.94. The van der Waals surface area contributed by atoms with Gasteiger partial charge in [-0.3, -0.25) is 9.59 Å². The van der Waals surface area contributed by atoms with Crippen molar-refractivity contribution in [2.24, 2.45) is 0 Å². The minimum absolute atomic E-state index is 0.0470. The van der Waals surface area contributed by atoms with Crippen molar-refractivity contribution in [3.63, 3.8) is 0 Å². The number of hydrogen-bond acceptors (Lipinski definition) is 5. The standard InChI is InChI=1S/C18H20N2O5S/c1-12-9-14(7-8-16(12)20-17(21)11-25-2)19-18(22)13-5-4-6-15(10-13)26(3,23)24/h4-10H,11H2,1-3H3,(H,19,22)(H,20,21). The number of nitrogens with one attached hydrogen (secondary N) is 2. The summed E-state index contributed by atoms with van der Waals surface area (Å²) >= 11 is 0. The number of rotatable bonds is 6. The largest absolute Gasteiger partial charge is 0.375 e. The Kier molecular flexibility index (Phi) is 6.12. The van der Waals surface area contributed by atoms with Crippen molar-refractivity contribution in [2.45, 2.75) is 11.8 Å². The van der Waals surface area contributed by atoms with Crippen LogP contribution < -0.4 is 10.6 Å². The van der Waals surface area contributed by atoms with E-state index in [9.17, 15) is 18.0 Å². The molecule has 0 aliphatic heterocycles. The number of benzene rings is 2. The second kappa shape index (κ2) is 8.11. The van der Waals surface area contributed by atoms with Crippen LogP contribution in [-0.2, 0) is 19.4 Å². The van der Waals surface area contributed by atoms with Gasteiger partial charge in [0.25, 0.3) is 5.91 Å². The number of carbonyl (C=O) groups is 2. The lowest BCUT2D eigenvalue weighted by atomic mass is 10.1. The molecule has 0 bridgehead atoms. The Morgan fingerprint density at radius 1 is 1.08 bits per heavy atom. The summed E-state index contributed by atoms with van der Waals surface area (Å²) in [6.07, 6.45) is 1.09. The van der Waals surface area contributed by atoms with Gasteiger partial charge in [0.05, 0.1) is 4.90 Å². The van der Waals surface area contributed by atoms with E-state index in [1.807, 2.05) is 0 Å². The minimum atomic E-state index is -3.39.